The van der Waals surface area contributed by atoms with Gasteiger partial charge in [0.2, 0.25) is 5.88 Å². The minimum absolute atomic E-state index is 0.455. The first kappa shape index (κ1) is 15.3. The molecule has 0 saturated heterocycles. The highest BCUT2D eigenvalue weighted by Gasteiger charge is 2.13. The molecule has 0 aliphatic heterocycles. The van der Waals surface area contributed by atoms with Crippen molar-refractivity contribution in [2.75, 3.05) is 11.9 Å². The summed E-state index contributed by atoms with van der Waals surface area (Å²) in [6, 6.07) is 8.15. The molecule has 0 bridgehead atoms. The molecule has 0 fully saturated rings. The Morgan fingerprint density at radius 1 is 1.19 bits per heavy atom. The molecule has 4 nitrogen and oxygen atoms in total. The molecule has 1 heterocycles. The zero-order chi connectivity index (χ0) is 15.2. The summed E-state index contributed by atoms with van der Waals surface area (Å²) < 4.78 is 6.06. The minimum Gasteiger partial charge on any atom is -0.438 e. The fourth-order valence-corrected chi connectivity index (χ4v) is 2.19. The standard InChI is InChI=1S/C17H23N3O/c1-5-12(3)14-9-7-8-10-15(14)21-17-13(4)16(18-6-2)19-11-20-17/h7-12H,5-6H2,1-4H3,(H,18,19,20). The normalized spacial score (nSPS) is 12.0. The van der Waals surface area contributed by atoms with E-state index < -0.39 is 0 Å². The molecule has 4 heteroatoms. The average molecular weight is 285 g/mol. The Bertz CT molecular complexity index is 598. The molecule has 21 heavy (non-hydrogen) atoms. The van der Waals surface area contributed by atoms with Gasteiger partial charge in [0.15, 0.2) is 0 Å². The van der Waals surface area contributed by atoms with Gasteiger partial charge in [0.25, 0.3) is 0 Å². The third-order valence-corrected chi connectivity index (χ3v) is 3.65. The highest BCUT2D eigenvalue weighted by Crippen LogP contribution is 2.33. The molecule has 2 rings (SSSR count). The van der Waals surface area contributed by atoms with E-state index >= 15 is 0 Å². The van der Waals surface area contributed by atoms with Gasteiger partial charge in [-0.1, -0.05) is 32.0 Å². The molecule has 1 N–H and O–H groups in total. The summed E-state index contributed by atoms with van der Waals surface area (Å²) in [5.41, 5.74) is 2.14. The number of benzene rings is 1. The van der Waals surface area contributed by atoms with E-state index in [2.05, 4.69) is 35.2 Å². The summed E-state index contributed by atoms with van der Waals surface area (Å²) in [5, 5.41) is 3.22. The van der Waals surface area contributed by atoms with E-state index in [0.29, 0.717) is 11.8 Å². The summed E-state index contributed by atoms with van der Waals surface area (Å²) in [6.07, 6.45) is 2.61. The van der Waals surface area contributed by atoms with Gasteiger partial charge in [0.1, 0.15) is 17.9 Å². The maximum Gasteiger partial charge on any atom is 0.227 e. The first-order chi connectivity index (χ1) is 10.2. The summed E-state index contributed by atoms with van der Waals surface area (Å²) >= 11 is 0. The number of nitrogens with zero attached hydrogens (tertiary/aromatic N) is 2. The molecule has 1 unspecified atom stereocenters. The molecule has 2 aromatic rings. The second-order valence-corrected chi connectivity index (χ2v) is 5.13. The quantitative estimate of drug-likeness (QED) is 0.847. The zero-order valence-electron chi connectivity index (χ0n) is 13.2. The van der Waals surface area contributed by atoms with Crippen molar-refractivity contribution < 1.29 is 4.74 Å². The van der Waals surface area contributed by atoms with Gasteiger partial charge in [-0.15, -0.1) is 0 Å². The summed E-state index contributed by atoms with van der Waals surface area (Å²) in [4.78, 5) is 8.51. The van der Waals surface area contributed by atoms with Gasteiger partial charge in [-0.2, -0.15) is 0 Å². The maximum atomic E-state index is 6.06. The third kappa shape index (κ3) is 3.51. The lowest BCUT2D eigenvalue weighted by Crippen LogP contribution is -2.04. The molecule has 0 aliphatic carbocycles. The highest BCUT2D eigenvalue weighted by atomic mass is 16.5. The molecule has 0 saturated carbocycles. The van der Waals surface area contributed by atoms with Crippen LogP contribution in [0.3, 0.4) is 0 Å². The van der Waals surface area contributed by atoms with Crippen molar-refractivity contribution in [3.8, 4) is 11.6 Å². The van der Waals surface area contributed by atoms with Crippen LogP contribution in [-0.2, 0) is 0 Å². The molecule has 0 spiro atoms. The summed E-state index contributed by atoms with van der Waals surface area (Å²) in [7, 11) is 0. The number of rotatable bonds is 6. The molecule has 0 radical (unpaired) electrons. The van der Waals surface area contributed by atoms with Crippen LogP contribution in [0.2, 0.25) is 0 Å². The Morgan fingerprint density at radius 2 is 1.95 bits per heavy atom. The Kier molecular flexibility index (Phi) is 5.14. The Labute approximate surface area is 126 Å². The number of hydrogen-bond acceptors (Lipinski definition) is 4. The molecule has 1 atom stereocenters. The lowest BCUT2D eigenvalue weighted by Gasteiger charge is -2.16. The topological polar surface area (TPSA) is 47.0 Å². The van der Waals surface area contributed by atoms with Gasteiger partial charge >= 0.3 is 0 Å². The first-order valence-corrected chi connectivity index (χ1v) is 7.49. The van der Waals surface area contributed by atoms with E-state index in [1.54, 1.807) is 0 Å². The summed E-state index contributed by atoms with van der Waals surface area (Å²) in [5.74, 6) is 2.76. The number of ether oxygens (including phenoxy) is 1. The van der Waals surface area contributed by atoms with E-state index in [1.165, 1.54) is 11.9 Å². The van der Waals surface area contributed by atoms with Crippen LogP contribution in [0.1, 0.15) is 44.2 Å². The summed E-state index contributed by atoms with van der Waals surface area (Å²) in [6.45, 7) is 9.22. The predicted molar refractivity (Wildman–Crippen MR) is 86.2 cm³/mol. The first-order valence-electron chi connectivity index (χ1n) is 7.49. The van der Waals surface area contributed by atoms with Crippen LogP contribution in [0.4, 0.5) is 5.82 Å². The van der Waals surface area contributed by atoms with E-state index in [0.717, 1.165) is 30.1 Å². The molecule has 1 aromatic carbocycles. The number of aromatic nitrogens is 2. The monoisotopic (exact) mass is 285 g/mol. The second kappa shape index (κ2) is 7.07. The number of para-hydroxylation sites is 1. The smallest absolute Gasteiger partial charge is 0.227 e. The van der Waals surface area contributed by atoms with Crippen LogP contribution < -0.4 is 10.1 Å². The van der Waals surface area contributed by atoms with Crippen LogP contribution >= 0.6 is 0 Å². The molecule has 112 valence electrons. The fraction of sp³-hybridized carbons (Fsp3) is 0.412. The Hall–Kier alpha value is -2.10. The van der Waals surface area contributed by atoms with Gasteiger partial charge < -0.3 is 10.1 Å². The van der Waals surface area contributed by atoms with Crippen molar-refractivity contribution in [3.05, 3.63) is 41.7 Å². The van der Waals surface area contributed by atoms with E-state index in [-0.39, 0.29) is 0 Å². The lowest BCUT2D eigenvalue weighted by molar-refractivity contribution is 0.447. The third-order valence-electron chi connectivity index (χ3n) is 3.65. The van der Waals surface area contributed by atoms with Crippen molar-refractivity contribution in [1.29, 1.82) is 0 Å². The van der Waals surface area contributed by atoms with E-state index in [4.69, 9.17) is 4.74 Å². The molecular formula is C17H23N3O. The van der Waals surface area contributed by atoms with Gasteiger partial charge in [0, 0.05) is 6.54 Å². The predicted octanol–water partition coefficient (Wildman–Crippen LogP) is 4.52. The van der Waals surface area contributed by atoms with Crippen molar-refractivity contribution in [2.45, 2.75) is 40.0 Å². The maximum absolute atomic E-state index is 6.06. The average Bonchev–Trinajstić information content (AvgIpc) is 2.51. The lowest BCUT2D eigenvalue weighted by atomic mass is 9.98. The van der Waals surface area contributed by atoms with Crippen molar-refractivity contribution >= 4 is 5.82 Å². The van der Waals surface area contributed by atoms with E-state index in [9.17, 15) is 0 Å². The van der Waals surface area contributed by atoms with Gasteiger partial charge in [0.05, 0.1) is 5.56 Å². The van der Waals surface area contributed by atoms with E-state index in [1.807, 2.05) is 32.0 Å². The molecule has 0 aliphatic rings. The van der Waals surface area contributed by atoms with Crippen LogP contribution in [0, 0.1) is 6.92 Å². The van der Waals surface area contributed by atoms with Crippen LogP contribution in [0.5, 0.6) is 11.6 Å². The zero-order valence-corrected chi connectivity index (χ0v) is 13.2. The minimum atomic E-state index is 0.455. The molecular weight excluding hydrogens is 262 g/mol. The Balaban J connectivity index is 2.33. The van der Waals surface area contributed by atoms with Gasteiger partial charge in [-0.25, -0.2) is 9.97 Å². The van der Waals surface area contributed by atoms with Gasteiger partial charge in [-0.3, -0.25) is 0 Å². The Morgan fingerprint density at radius 3 is 2.67 bits per heavy atom. The van der Waals surface area contributed by atoms with Crippen LogP contribution in [-0.4, -0.2) is 16.5 Å². The number of nitrogens with one attached hydrogen (secondary N) is 1. The SMILES string of the molecule is CCNc1ncnc(Oc2ccccc2C(C)CC)c1C. The van der Waals surface area contributed by atoms with Crippen molar-refractivity contribution in [3.63, 3.8) is 0 Å². The van der Waals surface area contributed by atoms with Crippen LogP contribution in [0.25, 0.3) is 0 Å². The fourth-order valence-electron chi connectivity index (χ4n) is 2.19. The number of hydrogen-bond donors (Lipinski definition) is 1. The second-order valence-electron chi connectivity index (χ2n) is 5.13. The molecule has 0 amide bonds. The largest absolute Gasteiger partial charge is 0.438 e. The van der Waals surface area contributed by atoms with Crippen molar-refractivity contribution in [1.82, 2.24) is 9.97 Å². The number of anilines is 1. The van der Waals surface area contributed by atoms with Crippen LogP contribution in [0.15, 0.2) is 30.6 Å². The van der Waals surface area contributed by atoms with Gasteiger partial charge in [-0.05, 0) is 37.8 Å². The highest BCUT2D eigenvalue weighted by molar-refractivity contribution is 5.49. The molecule has 1 aromatic heterocycles. The van der Waals surface area contributed by atoms with Crippen molar-refractivity contribution in [2.24, 2.45) is 0 Å².